The van der Waals surface area contributed by atoms with E-state index >= 15 is 0 Å². The molecule has 0 radical (unpaired) electrons. The minimum absolute atomic E-state index is 0.0106. The maximum atomic E-state index is 12.6. The number of carbonyl (C=O) groups is 2. The Bertz CT molecular complexity index is 901. The van der Waals surface area contributed by atoms with Gasteiger partial charge in [-0.05, 0) is 36.1 Å². The third kappa shape index (κ3) is 4.49. The van der Waals surface area contributed by atoms with Crippen LogP contribution in [0.2, 0.25) is 0 Å². The minimum atomic E-state index is -0.101. The molecule has 0 aromatic heterocycles. The Balaban J connectivity index is 1.35. The fraction of sp³-hybridized carbons (Fsp3) is 0.391. The van der Waals surface area contributed by atoms with E-state index in [1.165, 1.54) is 22.9 Å². The Morgan fingerprint density at radius 3 is 2.72 bits per heavy atom. The molecule has 0 bridgehead atoms. The summed E-state index contributed by atoms with van der Waals surface area (Å²) in [5.41, 5.74) is 3.66. The van der Waals surface area contributed by atoms with Gasteiger partial charge < -0.3 is 10.2 Å². The Morgan fingerprint density at radius 1 is 1.14 bits per heavy atom. The molecule has 152 valence electrons. The zero-order chi connectivity index (χ0) is 20.2. The average molecular weight is 410 g/mol. The maximum absolute atomic E-state index is 12.6. The second-order valence-electron chi connectivity index (χ2n) is 7.59. The molecule has 2 amide bonds. The van der Waals surface area contributed by atoms with Gasteiger partial charge in [-0.25, -0.2) is 0 Å². The van der Waals surface area contributed by atoms with Crippen molar-refractivity contribution in [3.63, 3.8) is 0 Å². The van der Waals surface area contributed by atoms with Gasteiger partial charge in [-0.15, -0.1) is 11.8 Å². The van der Waals surface area contributed by atoms with Crippen molar-refractivity contribution in [1.29, 1.82) is 0 Å². The second-order valence-corrected chi connectivity index (χ2v) is 8.61. The van der Waals surface area contributed by atoms with Crippen molar-refractivity contribution in [2.75, 3.05) is 30.3 Å². The number of amides is 2. The monoisotopic (exact) mass is 409 g/mol. The molecule has 1 N–H and O–H groups in total. The predicted octanol–water partition coefficient (Wildman–Crippen LogP) is 3.08. The summed E-state index contributed by atoms with van der Waals surface area (Å²) >= 11 is 1.53. The number of thioether (sulfide) groups is 1. The van der Waals surface area contributed by atoms with E-state index in [9.17, 15) is 9.59 Å². The minimum Gasteiger partial charge on any atom is -0.353 e. The lowest BCUT2D eigenvalue weighted by Crippen LogP contribution is -2.48. The molecule has 0 saturated heterocycles. The van der Waals surface area contributed by atoms with E-state index < -0.39 is 0 Å². The van der Waals surface area contributed by atoms with Crippen LogP contribution in [0, 0.1) is 0 Å². The van der Waals surface area contributed by atoms with Gasteiger partial charge in [0.15, 0.2) is 0 Å². The van der Waals surface area contributed by atoms with E-state index in [-0.39, 0.29) is 18.4 Å². The van der Waals surface area contributed by atoms with Crippen LogP contribution in [0.25, 0.3) is 0 Å². The Kier molecular flexibility index (Phi) is 6.21. The molecule has 2 aromatic carbocycles. The highest BCUT2D eigenvalue weighted by atomic mass is 32.2. The summed E-state index contributed by atoms with van der Waals surface area (Å²) in [4.78, 5) is 30.1. The number of hydrogen-bond acceptors (Lipinski definition) is 4. The summed E-state index contributed by atoms with van der Waals surface area (Å²) in [6.45, 7) is 4.80. The molecule has 1 unspecified atom stereocenters. The van der Waals surface area contributed by atoms with Crippen LogP contribution in [0.15, 0.2) is 53.4 Å². The highest BCUT2D eigenvalue weighted by Gasteiger charge is 2.27. The first kappa shape index (κ1) is 20.0. The van der Waals surface area contributed by atoms with Crippen LogP contribution in [0.4, 0.5) is 5.69 Å². The highest BCUT2D eigenvalue weighted by molar-refractivity contribution is 8.00. The van der Waals surface area contributed by atoms with Crippen molar-refractivity contribution in [1.82, 2.24) is 10.2 Å². The molecule has 0 saturated carbocycles. The van der Waals surface area contributed by atoms with Crippen molar-refractivity contribution in [2.45, 2.75) is 37.2 Å². The largest absolute Gasteiger partial charge is 0.353 e. The van der Waals surface area contributed by atoms with Gasteiger partial charge in [-0.1, -0.05) is 43.3 Å². The van der Waals surface area contributed by atoms with E-state index in [4.69, 9.17) is 0 Å². The average Bonchev–Trinajstić information content (AvgIpc) is 2.76. The van der Waals surface area contributed by atoms with Crippen LogP contribution in [-0.4, -0.2) is 48.1 Å². The standard InChI is InChI=1S/C23H27N3O2S/c1-2-19(25-12-11-17-7-3-4-8-18(17)14-25)13-24-22(27)15-26-20-9-5-6-10-21(20)29-16-23(26)28/h3-10,19H,2,11-16H2,1H3,(H,24,27). The molecule has 5 nitrogen and oxygen atoms in total. The van der Waals surface area contributed by atoms with Gasteiger partial charge in [0.1, 0.15) is 6.54 Å². The lowest BCUT2D eigenvalue weighted by Gasteiger charge is -2.35. The van der Waals surface area contributed by atoms with Crippen LogP contribution < -0.4 is 10.2 Å². The molecule has 29 heavy (non-hydrogen) atoms. The van der Waals surface area contributed by atoms with Gasteiger partial charge in [-0.3, -0.25) is 14.5 Å². The third-order valence-corrected chi connectivity index (χ3v) is 6.84. The van der Waals surface area contributed by atoms with Crippen molar-refractivity contribution < 1.29 is 9.59 Å². The van der Waals surface area contributed by atoms with Gasteiger partial charge in [0.25, 0.3) is 0 Å². The number of para-hydroxylation sites is 1. The summed E-state index contributed by atoms with van der Waals surface area (Å²) < 4.78 is 0. The molecule has 2 aliphatic rings. The number of nitrogens with zero attached hydrogens (tertiary/aromatic N) is 2. The zero-order valence-electron chi connectivity index (χ0n) is 16.8. The normalized spacial score (nSPS) is 17.4. The first-order valence-electron chi connectivity index (χ1n) is 10.3. The lowest BCUT2D eigenvalue weighted by atomic mass is 9.98. The van der Waals surface area contributed by atoms with E-state index in [1.807, 2.05) is 24.3 Å². The van der Waals surface area contributed by atoms with E-state index in [1.54, 1.807) is 4.90 Å². The van der Waals surface area contributed by atoms with E-state index in [0.717, 1.165) is 36.5 Å². The molecule has 2 aliphatic heterocycles. The van der Waals surface area contributed by atoms with Crippen molar-refractivity contribution in [2.24, 2.45) is 0 Å². The summed E-state index contributed by atoms with van der Waals surface area (Å²) in [6.07, 6.45) is 2.03. The molecule has 0 fully saturated rings. The quantitative estimate of drug-likeness (QED) is 0.797. The van der Waals surface area contributed by atoms with Crippen LogP contribution in [-0.2, 0) is 22.6 Å². The van der Waals surface area contributed by atoms with Gasteiger partial charge >= 0.3 is 0 Å². The number of fused-ring (bicyclic) bond motifs is 2. The molecular formula is C23H27N3O2S. The highest BCUT2D eigenvalue weighted by Crippen LogP contribution is 2.34. The lowest BCUT2D eigenvalue weighted by molar-refractivity contribution is -0.123. The number of anilines is 1. The van der Waals surface area contributed by atoms with Crippen LogP contribution in [0.1, 0.15) is 24.5 Å². The Morgan fingerprint density at radius 2 is 1.90 bits per heavy atom. The first-order valence-corrected chi connectivity index (χ1v) is 11.2. The SMILES string of the molecule is CCC(CNC(=O)CN1C(=O)CSc2ccccc21)N1CCc2ccccc2C1. The number of rotatable bonds is 6. The van der Waals surface area contributed by atoms with E-state index in [2.05, 4.69) is 41.4 Å². The summed E-state index contributed by atoms with van der Waals surface area (Å²) in [7, 11) is 0. The van der Waals surface area contributed by atoms with E-state index in [0.29, 0.717) is 18.3 Å². The molecular weight excluding hydrogens is 382 g/mol. The van der Waals surface area contributed by atoms with Crippen molar-refractivity contribution in [3.8, 4) is 0 Å². The maximum Gasteiger partial charge on any atom is 0.240 e. The number of hydrogen-bond donors (Lipinski definition) is 1. The van der Waals surface area contributed by atoms with Gasteiger partial charge in [0.2, 0.25) is 11.8 Å². The summed E-state index contributed by atoms with van der Waals surface area (Å²) in [5.74, 6) is 0.272. The number of benzene rings is 2. The van der Waals surface area contributed by atoms with Crippen LogP contribution in [0.5, 0.6) is 0 Å². The summed E-state index contributed by atoms with van der Waals surface area (Å²) in [6, 6.07) is 16.7. The van der Waals surface area contributed by atoms with Crippen molar-refractivity contribution >= 4 is 29.3 Å². The molecule has 0 spiro atoms. The molecule has 4 rings (SSSR count). The molecule has 2 aromatic rings. The molecule has 6 heteroatoms. The summed E-state index contributed by atoms with van der Waals surface area (Å²) in [5, 5.41) is 3.07. The first-order chi connectivity index (χ1) is 14.2. The van der Waals surface area contributed by atoms with Crippen LogP contribution in [0.3, 0.4) is 0 Å². The fourth-order valence-electron chi connectivity index (χ4n) is 4.12. The van der Waals surface area contributed by atoms with Crippen LogP contribution >= 0.6 is 11.8 Å². The van der Waals surface area contributed by atoms with Crippen molar-refractivity contribution in [3.05, 3.63) is 59.7 Å². The zero-order valence-corrected chi connectivity index (χ0v) is 17.6. The van der Waals surface area contributed by atoms with Gasteiger partial charge in [0, 0.05) is 30.6 Å². The second kappa shape index (κ2) is 9.01. The molecule has 0 aliphatic carbocycles. The Hall–Kier alpha value is -2.31. The fourth-order valence-corrected chi connectivity index (χ4v) is 5.06. The smallest absolute Gasteiger partial charge is 0.240 e. The predicted molar refractivity (Wildman–Crippen MR) is 117 cm³/mol. The van der Waals surface area contributed by atoms with Gasteiger partial charge in [-0.2, -0.15) is 0 Å². The third-order valence-electron chi connectivity index (χ3n) is 5.79. The Labute approximate surface area is 176 Å². The molecule has 2 heterocycles. The topological polar surface area (TPSA) is 52.7 Å². The number of nitrogens with one attached hydrogen (secondary N) is 1. The van der Waals surface area contributed by atoms with Gasteiger partial charge in [0.05, 0.1) is 11.4 Å². The molecule has 1 atom stereocenters. The number of carbonyl (C=O) groups excluding carboxylic acids is 2.